The lowest BCUT2D eigenvalue weighted by molar-refractivity contribution is -0.137. The van der Waals surface area contributed by atoms with Gasteiger partial charge in [-0.25, -0.2) is 9.59 Å². The molecule has 0 aromatic heterocycles. The zero-order valence-electron chi connectivity index (χ0n) is 12.6. The molecular weight excluding hydrogens is 320 g/mol. The maximum atomic E-state index is 11.5. The van der Waals surface area contributed by atoms with Gasteiger partial charge in [-0.15, -0.1) is 0 Å². The van der Waals surface area contributed by atoms with Crippen LogP contribution in [0.5, 0.6) is 0 Å². The molecule has 0 saturated carbocycles. The Bertz CT molecular complexity index is 625. The monoisotopic (exact) mass is 336 g/mol. The molecule has 0 fully saturated rings. The number of hydrogen-bond acceptors (Lipinski definition) is 6. The number of esters is 2. The van der Waals surface area contributed by atoms with Crippen molar-refractivity contribution in [3.63, 3.8) is 0 Å². The fourth-order valence-corrected chi connectivity index (χ4v) is 1.68. The van der Waals surface area contributed by atoms with Gasteiger partial charge in [0.15, 0.2) is 5.11 Å². The number of anilines is 1. The fraction of sp³-hybridized carbons (Fsp3) is 0.200. The molecule has 0 atom stereocenters. The molecule has 0 aliphatic rings. The molecule has 0 heterocycles. The number of carbonyl (C=O) groups excluding carboxylic acids is 3. The zero-order chi connectivity index (χ0) is 17.2. The summed E-state index contributed by atoms with van der Waals surface area (Å²) in [4.78, 5) is 33.9. The molecule has 2 N–H and O–H groups in total. The lowest BCUT2D eigenvalue weighted by Crippen LogP contribution is -2.33. The first-order chi connectivity index (χ1) is 11.0. The van der Waals surface area contributed by atoms with Crippen LogP contribution in [0.25, 0.3) is 0 Å². The van der Waals surface area contributed by atoms with E-state index in [0.29, 0.717) is 11.3 Å². The Morgan fingerprint density at radius 3 is 2.39 bits per heavy atom. The van der Waals surface area contributed by atoms with E-state index in [1.807, 2.05) is 0 Å². The number of rotatable bonds is 5. The van der Waals surface area contributed by atoms with Crippen molar-refractivity contribution in [2.75, 3.05) is 19.0 Å². The Morgan fingerprint density at radius 2 is 1.83 bits per heavy atom. The summed E-state index contributed by atoms with van der Waals surface area (Å²) in [5.74, 6) is -1.63. The number of amides is 1. The summed E-state index contributed by atoms with van der Waals surface area (Å²) in [5.41, 5.74) is 0.975. The molecule has 1 aromatic carbocycles. The van der Waals surface area contributed by atoms with Crippen molar-refractivity contribution in [2.24, 2.45) is 0 Å². The number of ether oxygens (including phenoxy) is 2. The van der Waals surface area contributed by atoms with E-state index >= 15 is 0 Å². The molecule has 0 radical (unpaired) electrons. The van der Waals surface area contributed by atoms with E-state index in [4.69, 9.17) is 12.2 Å². The lowest BCUT2D eigenvalue weighted by atomic mass is 10.2. The first-order valence-corrected chi connectivity index (χ1v) is 7.02. The highest BCUT2D eigenvalue weighted by Crippen LogP contribution is 2.10. The molecule has 0 spiro atoms. The minimum atomic E-state index is -0.611. The minimum absolute atomic E-state index is 0.0503. The summed E-state index contributed by atoms with van der Waals surface area (Å²) >= 11 is 4.97. The predicted octanol–water partition coefficient (Wildman–Crippen LogP) is 1.41. The van der Waals surface area contributed by atoms with Gasteiger partial charge in [0.25, 0.3) is 0 Å². The maximum Gasteiger partial charge on any atom is 0.337 e. The van der Waals surface area contributed by atoms with Crippen LogP contribution in [-0.2, 0) is 19.1 Å². The van der Waals surface area contributed by atoms with Crippen LogP contribution in [0, 0.1) is 0 Å². The topological polar surface area (TPSA) is 93.7 Å². The van der Waals surface area contributed by atoms with Gasteiger partial charge in [-0.05, 0) is 43.4 Å². The van der Waals surface area contributed by atoms with Crippen LogP contribution in [-0.4, -0.2) is 36.7 Å². The van der Waals surface area contributed by atoms with Crippen molar-refractivity contribution >= 4 is 40.9 Å². The van der Waals surface area contributed by atoms with Crippen molar-refractivity contribution in [3.8, 4) is 0 Å². The zero-order valence-corrected chi connectivity index (χ0v) is 13.4. The molecule has 0 aliphatic heterocycles. The highest BCUT2D eigenvalue weighted by molar-refractivity contribution is 7.80. The average Bonchev–Trinajstić information content (AvgIpc) is 2.53. The van der Waals surface area contributed by atoms with Crippen LogP contribution in [0.2, 0.25) is 0 Å². The van der Waals surface area contributed by atoms with Gasteiger partial charge in [-0.3, -0.25) is 10.1 Å². The Balaban J connectivity index is 2.51. The van der Waals surface area contributed by atoms with Gasteiger partial charge in [-0.1, -0.05) is 0 Å². The average molecular weight is 336 g/mol. The molecule has 8 heteroatoms. The number of methoxy groups -OCH3 is 1. The molecule has 0 bridgehead atoms. The first-order valence-electron chi connectivity index (χ1n) is 6.61. The minimum Gasteiger partial charge on any atom is -0.465 e. The third-order valence-corrected chi connectivity index (χ3v) is 2.66. The summed E-state index contributed by atoms with van der Waals surface area (Å²) in [5, 5.41) is 5.19. The quantitative estimate of drug-likeness (QED) is 0.477. The number of thiocarbonyl (C=S) groups is 1. The van der Waals surface area contributed by atoms with E-state index in [-0.39, 0.29) is 11.7 Å². The van der Waals surface area contributed by atoms with Crippen molar-refractivity contribution in [2.45, 2.75) is 6.92 Å². The second-order valence-electron chi connectivity index (χ2n) is 4.10. The predicted molar refractivity (Wildman–Crippen MR) is 87.9 cm³/mol. The van der Waals surface area contributed by atoms with Crippen molar-refractivity contribution in [3.05, 3.63) is 42.0 Å². The molecule has 0 unspecified atom stereocenters. The van der Waals surface area contributed by atoms with Gasteiger partial charge in [-0.2, -0.15) is 0 Å². The molecule has 1 amide bonds. The largest absolute Gasteiger partial charge is 0.465 e. The second kappa shape index (κ2) is 9.31. The van der Waals surface area contributed by atoms with Gasteiger partial charge >= 0.3 is 11.9 Å². The normalized spacial score (nSPS) is 10.0. The molecule has 23 heavy (non-hydrogen) atoms. The van der Waals surface area contributed by atoms with Gasteiger partial charge in [0.2, 0.25) is 5.91 Å². The van der Waals surface area contributed by atoms with Gasteiger partial charge in [0.05, 0.1) is 19.3 Å². The smallest absolute Gasteiger partial charge is 0.337 e. The first kappa shape index (κ1) is 18.3. The molecule has 0 aliphatic carbocycles. The molecular formula is C15H16N2O5S. The molecule has 0 saturated heterocycles. The number of carbonyl (C=O) groups is 3. The van der Waals surface area contributed by atoms with Crippen LogP contribution in [0.4, 0.5) is 5.69 Å². The fourth-order valence-electron chi connectivity index (χ4n) is 1.46. The Kier molecular flexibility index (Phi) is 7.41. The molecule has 7 nitrogen and oxygen atoms in total. The SMILES string of the molecule is CCOC(=O)/C=C/C(=O)NC(=S)Nc1ccc(C(=O)OC)cc1. The van der Waals surface area contributed by atoms with E-state index in [1.165, 1.54) is 7.11 Å². The Morgan fingerprint density at radius 1 is 1.17 bits per heavy atom. The highest BCUT2D eigenvalue weighted by Gasteiger charge is 2.06. The number of nitrogens with one attached hydrogen (secondary N) is 2. The van der Waals surface area contributed by atoms with E-state index < -0.39 is 17.8 Å². The van der Waals surface area contributed by atoms with Crippen LogP contribution < -0.4 is 10.6 Å². The summed E-state index contributed by atoms with van der Waals surface area (Å²) < 4.78 is 9.23. The molecule has 1 rings (SSSR count). The Labute approximate surface area is 138 Å². The third-order valence-electron chi connectivity index (χ3n) is 2.46. The van der Waals surface area contributed by atoms with Crippen LogP contribution >= 0.6 is 12.2 Å². The van der Waals surface area contributed by atoms with Gasteiger partial charge < -0.3 is 14.8 Å². The van der Waals surface area contributed by atoms with Crippen molar-refractivity contribution < 1.29 is 23.9 Å². The summed E-state index contributed by atoms with van der Waals surface area (Å²) in [7, 11) is 1.29. The molecule has 1 aromatic rings. The van der Waals surface area contributed by atoms with Crippen LogP contribution in [0.1, 0.15) is 17.3 Å². The Hall–Kier alpha value is -2.74. The second-order valence-corrected chi connectivity index (χ2v) is 4.51. The molecule has 122 valence electrons. The third kappa shape index (κ3) is 6.70. The van der Waals surface area contributed by atoms with Crippen molar-refractivity contribution in [1.82, 2.24) is 5.32 Å². The van der Waals surface area contributed by atoms with Crippen LogP contribution in [0.3, 0.4) is 0 Å². The standard InChI is InChI=1S/C15H16N2O5S/c1-3-22-13(19)9-8-12(18)17-15(23)16-11-6-4-10(5-7-11)14(20)21-2/h4-9H,3H2,1-2H3,(H2,16,17,18,23)/b9-8+. The van der Waals surface area contributed by atoms with E-state index in [0.717, 1.165) is 12.2 Å². The number of benzene rings is 1. The van der Waals surface area contributed by atoms with E-state index in [2.05, 4.69) is 20.1 Å². The van der Waals surface area contributed by atoms with Crippen LogP contribution in [0.15, 0.2) is 36.4 Å². The lowest BCUT2D eigenvalue weighted by Gasteiger charge is -2.08. The van der Waals surface area contributed by atoms with Crippen molar-refractivity contribution in [1.29, 1.82) is 0 Å². The van der Waals surface area contributed by atoms with Gasteiger partial charge in [0, 0.05) is 17.8 Å². The van der Waals surface area contributed by atoms with E-state index in [1.54, 1.807) is 31.2 Å². The van der Waals surface area contributed by atoms with Gasteiger partial charge in [0.1, 0.15) is 0 Å². The number of hydrogen-bond donors (Lipinski definition) is 2. The maximum absolute atomic E-state index is 11.5. The summed E-state index contributed by atoms with van der Waals surface area (Å²) in [6.07, 6.45) is 2.03. The van der Waals surface area contributed by atoms with E-state index in [9.17, 15) is 14.4 Å². The summed E-state index contributed by atoms with van der Waals surface area (Å²) in [6.45, 7) is 1.89. The highest BCUT2D eigenvalue weighted by atomic mass is 32.1. The summed E-state index contributed by atoms with van der Waals surface area (Å²) in [6, 6.07) is 6.33.